The van der Waals surface area contributed by atoms with Crippen LogP contribution in [0.3, 0.4) is 0 Å². The molecule has 3 unspecified atom stereocenters. The maximum Gasteiger partial charge on any atom is 0.414 e. The molecule has 7 heteroatoms. The minimum absolute atomic E-state index is 0.0529. The molecule has 5 saturated carbocycles. The highest BCUT2D eigenvalue weighted by Gasteiger charge is 2.77. The molecule has 0 aromatic carbocycles. The Labute approximate surface area is 220 Å². The van der Waals surface area contributed by atoms with Gasteiger partial charge in [-0.3, -0.25) is 14.9 Å². The van der Waals surface area contributed by atoms with Gasteiger partial charge in [-0.1, -0.05) is 26.7 Å². The first-order valence-corrected chi connectivity index (χ1v) is 15.1. The smallest absolute Gasteiger partial charge is 0.414 e. The summed E-state index contributed by atoms with van der Waals surface area (Å²) in [6.07, 6.45) is 8.94. The summed E-state index contributed by atoms with van der Waals surface area (Å²) >= 11 is 0. The first kappa shape index (κ1) is 24.6. The Morgan fingerprint density at radius 3 is 2.54 bits per heavy atom. The molecule has 1 spiro atoms. The summed E-state index contributed by atoms with van der Waals surface area (Å²) in [7, 11) is 0. The van der Waals surface area contributed by atoms with Gasteiger partial charge in [0.2, 0.25) is 5.91 Å². The van der Waals surface area contributed by atoms with Gasteiger partial charge >= 0.3 is 6.09 Å². The Morgan fingerprint density at radius 1 is 1.05 bits per heavy atom. The van der Waals surface area contributed by atoms with Gasteiger partial charge in [0, 0.05) is 36.3 Å². The van der Waals surface area contributed by atoms with Gasteiger partial charge in [-0.25, -0.2) is 4.79 Å². The quantitative estimate of drug-likeness (QED) is 0.595. The number of piperidine rings is 1. The number of amides is 2. The van der Waals surface area contributed by atoms with E-state index in [4.69, 9.17) is 4.74 Å². The zero-order chi connectivity index (χ0) is 25.7. The van der Waals surface area contributed by atoms with Crippen LogP contribution >= 0.6 is 0 Å². The first-order valence-electron chi connectivity index (χ1n) is 15.1. The van der Waals surface area contributed by atoms with Crippen molar-refractivity contribution in [3.8, 4) is 0 Å². The molecule has 5 aliphatic carbocycles. The van der Waals surface area contributed by atoms with E-state index in [9.17, 15) is 19.5 Å². The van der Waals surface area contributed by atoms with E-state index >= 15 is 0 Å². The fraction of sp³-hybridized carbons (Fsp3) is 0.900. The van der Waals surface area contributed by atoms with E-state index in [1.165, 1.54) is 12.8 Å². The number of rotatable bonds is 3. The van der Waals surface area contributed by atoms with Crippen LogP contribution in [0.4, 0.5) is 4.79 Å². The Hall–Kier alpha value is -1.47. The van der Waals surface area contributed by atoms with Crippen molar-refractivity contribution in [3.05, 3.63) is 0 Å². The van der Waals surface area contributed by atoms with Crippen molar-refractivity contribution in [3.63, 3.8) is 0 Å². The third kappa shape index (κ3) is 3.34. The molecule has 4 bridgehead atoms. The number of ketones is 1. The van der Waals surface area contributed by atoms with Gasteiger partial charge in [-0.15, -0.1) is 0 Å². The number of Topliss-reactive ketones (excluding diaryl/α,β-unsaturated/α-hetero) is 1. The molecule has 2 N–H and O–H groups in total. The lowest BCUT2D eigenvalue weighted by atomic mass is 9.48. The molecule has 0 radical (unpaired) electrons. The SMILES string of the molecule is C[C@H]1[C@H](O)[C@](C)(C2CCCC2)C[C@@H](OC(=O)NC(=O)[C@H]2CN3CC[C@@H]2C3)[C@]23C[C@@H]2CCC12CCC(=O)C23. The number of alkyl carbamates (subject to hydrolysis) is 1. The van der Waals surface area contributed by atoms with Gasteiger partial charge in [0.05, 0.1) is 12.0 Å². The van der Waals surface area contributed by atoms with E-state index in [1.807, 2.05) is 0 Å². The molecular formula is C30H44N2O5. The summed E-state index contributed by atoms with van der Waals surface area (Å²) in [4.78, 5) is 42.2. The number of nitrogens with one attached hydrogen (secondary N) is 1. The zero-order valence-electron chi connectivity index (χ0n) is 22.5. The second-order valence-corrected chi connectivity index (χ2v) is 14.4. The number of aliphatic hydroxyl groups is 1. The maximum absolute atomic E-state index is 13.5. The predicted octanol–water partition coefficient (Wildman–Crippen LogP) is 3.92. The maximum atomic E-state index is 13.5. The van der Waals surface area contributed by atoms with Gasteiger partial charge in [0.25, 0.3) is 0 Å². The summed E-state index contributed by atoms with van der Waals surface area (Å²) in [5.74, 6) is 0.994. The lowest BCUT2D eigenvalue weighted by Gasteiger charge is -2.57. The normalized spacial score (nSPS) is 52.2. The Morgan fingerprint density at radius 2 is 1.84 bits per heavy atom. The van der Waals surface area contributed by atoms with Crippen molar-refractivity contribution in [2.75, 3.05) is 19.6 Å². The number of hydrogen-bond acceptors (Lipinski definition) is 6. The molecule has 2 saturated heterocycles. The van der Waals surface area contributed by atoms with Crippen LogP contribution in [-0.4, -0.2) is 59.6 Å². The van der Waals surface area contributed by atoms with E-state index in [0.29, 0.717) is 36.4 Å². The summed E-state index contributed by atoms with van der Waals surface area (Å²) in [6, 6.07) is 0. The summed E-state index contributed by atoms with van der Waals surface area (Å²) in [6.45, 7) is 7.15. The molecule has 7 fully saturated rings. The Bertz CT molecular complexity index is 1010. The van der Waals surface area contributed by atoms with Crippen LogP contribution in [0.25, 0.3) is 0 Å². The van der Waals surface area contributed by atoms with E-state index in [0.717, 1.165) is 64.6 Å². The third-order valence-electron chi connectivity index (χ3n) is 13.1. The van der Waals surface area contributed by atoms with E-state index in [1.54, 1.807) is 0 Å². The summed E-state index contributed by atoms with van der Waals surface area (Å²) in [5.41, 5.74) is -0.891. The average Bonchev–Trinajstić information content (AvgIpc) is 3.42. The minimum atomic E-state index is -0.647. The first-order chi connectivity index (χ1) is 17.7. The minimum Gasteiger partial charge on any atom is -0.445 e. The summed E-state index contributed by atoms with van der Waals surface area (Å²) < 4.78 is 6.31. The highest BCUT2D eigenvalue weighted by Crippen LogP contribution is 2.77. The fourth-order valence-electron chi connectivity index (χ4n) is 11.1. The van der Waals surface area contributed by atoms with Crippen LogP contribution in [-0.2, 0) is 14.3 Å². The molecule has 2 aliphatic heterocycles. The van der Waals surface area contributed by atoms with Crippen molar-refractivity contribution in [2.24, 2.45) is 51.8 Å². The number of aliphatic hydroxyl groups excluding tert-OH is 1. The summed E-state index contributed by atoms with van der Waals surface area (Å²) in [5, 5.41) is 14.7. The standard InChI is InChI=1S/C30H44N2O5/c1-17-25(34)28(2,19-5-3-4-6-19)14-23(30-13-20(30)7-10-29(17)11-8-22(33)24(29)30)37-27(36)31-26(35)21-16-32-12-9-18(21)15-32/h17-21,23-25,34H,3-16H2,1-2H3,(H,31,35,36)/t17-,18+,20-,21-,23+,24?,25-,28-,29?,30-/m0/s1. The second-order valence-electron chi connectivity index (χ2n) is 14.4. The number of ether oxygens (including phenoxy) is 1. The van der Waals surface area contributed by atoms with Crippen molar-refractivity contribution < 1.29 is 24.2 Å². The number of fused-ring (bicyclic) bond motifs is 2. The number of nitrogens with zero attached hydrogens (tertiary/aromatic N) is 1. The molecule has 2 heterocycles. The number of hydrogen-bond donors (Lipinski definition) is 2. The van der Waals surface area contributed by atoms with Crippen LogP contribution in [0.2, 0.25) is 0 Å². The van der Waals surface area contributed by atoms with Crippen LogP contribution in [0, 0.1) is 51.8 Å². The number of carbonyl (C=O) groups excluding carboxylic acids is 3. The van der Waals surface area contributed by atoms with E-state index < -0.39 is 18.3 Å². The molecule has 0 aromatic heterocycles. The van der Waals surface area contributed by atoms with Crippen LogP contribution in [0.15, 0.2) is 0 Å². The van der Waals surface area contributed by atoms with Gasteiger partial charge in [0.1, 0.15) is 11.9 Å². The van der Waals surface area contributed by atoms with Crippen molar-refractivity contribution in [2.45, 2.75) is 96.7 Å². The number of carbonyl (C=O) groups is 3. The highest BCUT2D eigenvalue weighted by molar-refractivity contribution is 5.93. The zero-order valence-corrected chi connectivity index (χ0v) is 22.5. The largest absolute Gasteiger partial charge is 0.445 e. The molecule has 0 aromatic rings. The van der Waals surface area contributed by atoms with Gasteiger partial charge in [-0.05, 0) is 87.0 Å². The predicted molar refractivity (Wildman–Crippen MR) is 136 cm³/mol. The van der Waals surface area contributed by atoms with Crippen molar-refractivity contribution >= 4 is 17.8 Å². The molecule has 7 nitrogen and oxygen atoms in total. The van der Waals surface area contributed by atoms with Crippen LogP contribution in [0.1, 0.15) is 84.5 Å². The molecule has 37 heavy (non-hydrogen) atoms. The molecular weight excluding hydrogens is 468 g/mol. The number of imide groups is 1. The molecule has 7 rings (SSSR count). The van der Waals surface area contributed by atoms with Gasteiger partial charge in [0.15, 0.2) is 0 Å². The van der Waals surface area contributed by atoms with E-state index in [-0.39, 0.29) is 39.9 Å². The fourth-order valence-corrected chi connectivity index (χ4v) is 11.1. The highest BCUT2D eigenvalue weighted by atomic mass is 16.6. The Kier molecular flexibility index (Phi) is 5.49. The topological polar surface area (TPSA) is 95.9 Å². The van der Waals surface area contributed by atoms with Crippen LogP contribution < -0.4 is 5.32 Å². The van der Waals surface area contributed by atoms with Crippen LogP contribution in [0.5, 0.6) is 0 Å². The monoisotopic (exact) mass is 512 g/mol. The molecule has 204 valence electrons. The molecule has 2 amide bonds. The van der Waals surface area contributed by atoms with Crippen molar-refractivity contribution in [1.29, 1.82) is 0 Å². The van der Waals surface area contributed by atoms with Crippen molar-refractivity contribution in [1.82, 2.24) is 10.2 Å². The van der Waals surface area contributed by atoms with Gasteiger partial charge < -0.3 is 14.7 Å². The average molecular weight is 513 g/mol. The Balaban J connectivity index is 1.21. The second kappa shape index (κ2) is 8.27. The molecule has 11 atom stereocenters. The van der Waals surface area contributed by atoms with E-state index in [2.05, 4.69) is 24.1 Å². The molecule has 7 aliphatic rings. The lowest BCUT2D eigenvalue weighted by molar-refractivity contribution is -0.173. The third-order valence-corrected chi connectivity index (χ3v) is 13.1. The van der Waals surface area contributed by atoms with Gasteiger partial charge in [-0.2, -0.15) is 0 Å². The lowest BCUT2D eigenvalue weighted by Crippen LogP contribution is -2.59.